The number of halogens is 2. The first-order valence-electron chi connectivity index (χ1n) is 10.1. The van der Waals surface area contributed by atoms with Crippen LogP contribution in [0.15, 0.2) is 54.6 Å². The van der Waals surface area contributed by atoms with E-state index in [1.807, 2.05) is 0 Å². The Balaban J connectivity index is 0.00000128. The summed E-state index contributed by atoms with van der Waals surface area (Å²) in [6, 6.07) is 19.8. The highest BCUT2D eigenvalue weighted by atomic mass is 35.5. The summed E-state index contributed by atoms with van der Waals surface area (Å²) in [5.41, 5.74) is 3.75. The van der Waals surface area contributed by atoms with Gasteiger partial charge in [-0.3, -0.25) is 4.90 Å². The number of pyridine rings is 1. The summed E-state index contributed by atoms with van der Waals surface area (Å²) in [6.07, 6.45) is 0. The monoisotopic (exact) mass is 445 g/mol. The van der Waals surface area contributed by atoms with Crippen LogP contribution in [0.4, 0.5) is 5.82 Å². The van der Waals surface area contributed by atoms with E-state index in [0.717, 1.165) is 36.7 Å². The molecule has 5 rings (SSSR count). The third kappa shape index (κ3) is 3.84. The summed E-state index contributed by atoms with van der Waals surface area (Å²) in [7, 11) is 3.98. The number of hydrogen-bond acceptors (Lipinski definition) is 4. The van der Waals surface area contributed by atoms with Crippen LogP contribution in [0, 0.1) is 18.8 Å². The van der Waals surface area contributed by atoms with E-state index < -0.39 is 0 Å². The molecule has 0 bridgehead atoms. The highest BCUT2D eigenvalue weighted by Crippen LogP contribution is 2.45. The maximum atomic E-state index is 5.34. The van der Waals surface area contributed by atoms with Crippen molar-refractivity contribution in [1.82, 2.24) is 9.88 Å². The molecule has 1 aromatic heterocycles. The van der Waals surface area contributed by atoms with Crippen LogP contribution >= 0.6 is 24.8 Å². The standard InChI is InChI=1S/C24H27N3O.2ClH/c1-16-12-18-6-4-5-7-22(18)25-24(16)27-14-19-13-26(2)23(21(19)15-27)17-8-10-20(28-3)11-9-17;;/h4-12,19,21,23H,13-15H2,1-3H3;2*1H/t19-,21+,23-;;/m0../s1. The van der Waals surface area contributed by atoms with Crippen molar-refractivity contribution in [3.8, 4) is 5.75 Å². The first-order chi connectivity index (χ1) is 13.6. The van der Waals surface area contributed by atoms with Crippen molar-refractivity contribution in [3.05, 3.63) is 65.7 Å². The average molecular weight is 446 g/mol. The third-order valence-electron chi connectivity index (χ3n) is 6.54. The predicted octanol–water partition coefficient (Wildman–Crippen LogP) is 5.13. The van der Waals surface area contributed by atoms with Crippen molar-refractivity contribution in [2.45, 2.75) is 13.0 Å². The van der Waals surface area contributed by atoms with Crippen molar-refractivity contribution in [1.29, 1.82) is 0 Å². The van der Waals surface area contributed by atoms with Crippen LogP contribution < -0.4 is 9.64 Å². The molecule has 0 aliphatic carbocycles. The van der Waals surface area contributed by atoms with Gasteiger partial charge in [-0.15, -0.1) is 24.8 Å². The molecular weight excluding hydrogens is 417 g/mol. The Hall–Kier alpha value is -2.01. The van der Waals surface area contributed by atoms with Crippen LogP contribution in [-0.4, -0.2) is 43.7 Å². The quantitative estimate of drug-likeness (QED) is 0.558. The molecule has 0 N–H and O–H groups in total. The topological polar surface area (TPSA) is 28.6 Å². The molecule has 0 saturated carbocycles. The summed E-state index contributed by atoms with van der Waals surface area (Å²) < 4.78 is 5.34. The van der Waals surface area contributed by atoms with Gasteiger partial charge in [0.25, 0.3) is 0 Å². The summed E-state index contributed by atoms with van der Waals surface area (Å²) in [5.74, 6) is 3.39. The SMILES string of the molecule is COc1ccc([C@H]2[C@@H]3CN(c4nc5ccccc5cc4C)C[C@@H]3CN2C)cc1.Cl.Cl. The Morgan fingerprint density at radius 3 is 2.43 bits per heavy atom. The number of methoxy groups -OCH3 is 1. The molecule has 2 saturated heterocycles. The molecule has 0 amide bonds. The first-order valence-corrected chi connectivity index (χ1v) is 10.1. The van der Waals surface area contributed by atoms with Crippen molar-refractivity contribution < 1.29 is 4.74 Å². The van der Waals surface area contributed by atoms with Gasteiger partial charge in [-0.25, -0.2) is 4.98 Å². The molecule has 3 atom stereocenters. The first kappa shape index (κ1) is 22.7. The Bertz CT molecular complexity index is 1010. The van der Waals surface area contributed by atoms with Gasteiger partial charge < -0.3 is 9.64 Å². The normalized spacial score (nSPS) is 23.0. The van der Waals surface area contributed by atoms with Crippen LogP contribution in [0.2, 0.25) is 0 Å². The molecule has 3 aromatic rings. The van der Waals surface area contributed by atoms with Gasteiger partial charge in [-0.1, -0.05) is 30.3 Å². The maximum absolute atomic E-state index is 5.34. The lowest BCUT2D eigenvalue weighted by molar-refractivity contribution is 0.279. The maximum Gasteiger partial charge on any atom is 0.132 e. The van der Waals surface area contributed by atoms with E-state index in [1.54, 1.807) is 7.11 Å². The molecule has 2 aliphatic rings. The number of aromatic nitrogens is 1. The minimum atomic E-state index is 0. The summed E-state index contributed by atoms with van der Waals surface area (Å²) in [5, 5.41) is 1.22. The molecule has 160 valence electrons. The Morgan fingerprint density at radius 2 is 1.70 bits per heavy atom. The van der Waals surface area contributed by atoms with Crippen LogP contribution in [0.25, 0.3) is 10.9 Å². The zero-order valence-electron chi connectivity index (χ0n) is 17.6. The lowest BCUT2D eigenvalue weighted by Gasteiger charge is -2.28. The number of rotatable bonds is 3. The minimum absolute atomic E-state index is 0. The van der Waals surface area contributed by atoms with E-state index >= 15 is 0 Å². The van der Waals surface area contributed by atoms with Gasteiger partial charge in [-0.05, 0) is 55.3 Å². The second kappa shape index (κ2) is 9.01. The third-order valence-corrected chi connectivity index (χ3v) is 6.54. The Morgan fingerprint density at radius 1 is 0.967 bits per heavy atom. The highest BCUT2D eigenvalue weighted by Gasteiger charge is 2.46. The van der Waals surface area contributed by atoms with E-state index in [-0.39, 0.29) is 24.8 Å². The van der Waals surface area contributed by atoms with Crippen molar-refractivity contribution in [2.24, 2.45) is 11.8 Å². The molecule has 0 radical (unpaired) electrons. The largest absolute Gasteiger partial charge is 0.497 e. The zero-order valence-corrected chi connectivity index (χ0v) is 19.2. The van der Waals surface area contributed by atoms with E-state index in [9.17, 15) is 0 Å². The molecule has 30 heavy (non-hydrogen) atoms. The molecule has 4 nitrogen and oxygen atoms in total. The summed E-state index contributed by atoms with van der Waals surface area (Å²) in [6.45, 7) is 5.49. The van der Waals surface area contributed by atoms with Crippen LogP contribution in [-0.2, 0) is 0 Å². The number of nitrogens with zero attached hydrogens (tertiary/aromatic N) is 3. The van der Waals surface area contributed by atoms with Crippen molar-refractivity contribution in [3.63, 3.8) is 0 Å². The fourth-order valence-electron chi connectivity index (χ4n) is 5.26. The fourth-order valence-corrected chi connectivity index (χ4v) is 5.26. The van der Waals surface area contributed by atoms with Gasteiger partial charge in [0.1, 0.15) is 11.6 Å². The second-order valence-electron chi connectivity index (χ2n) is 8.31. The van der Waals surface area contributed by atoms with Gasteiger partial charge in [0.05, 0.1) is 12.6 Å². The van der Waals surface area contributed by atoms with Crippen LogP contribution in [0.3, 0.4) is 0 Å². The predicted molar refractivity (Wildman–Crippen MR) is 129 cm³/mol. The Kier molecular flexibility index (Phi) is 6.81. The van der Waals surface area contributed by atoms with Crippen LogP contribution in [0.5, 0.6) is 5.75 Å². The number of aryl methyl sites for hydroxylation is 1. The van der Waals surface area contributed by atoms with E-state index in [4.69, 9.17) is 9.72 Å². The fraction of sp³-hybridized carbons (Fsp3) is 0.375. The van der Waals surface area contributed by atoms with Gasteiger partial charge in [0.2, 0.25) is 0 Å². The molecular formula is C24H29Cl2N3O. The van der Waals surface area contributed by atoms with Crippen molar-refractivity contribution >= 4 is 41.5 Å². The molecule has 0 spiro atoms. The van der Waals surface area contributed by atoms with Gasteiger partial charge in [-0.2, -0.15) is 0 Å². The molecule has 2 aliphatic heterocycles. The number of benzene rings is 2. The number of likely N-dealkylation sites (tertiary alicyclic amines) is 1. The minimum Gasteiger partial charge on any atom is -0.497 e. The molecule has 0 unspecified atom stereocenters. The number of ether oxygens (including phenoxy) is 1. The molecule has 6 heteroatoms. The van der Waals surface area contributed by atoms with Gasteiger partial charge in [0, 0.05) is 37.0 Å². The number of anilines is 1. The smallest absolute Gasteiger partial charge is 0.132 e. The number of para-hydroxylation sites is 1. The zero-order chi connectivity index (χ0) is 19.3. The average Bonchev–Trinajstić information content (AvgIpc) is 3.24. The Labute approximate surface area is 191 Å². The van der Waals surface area contributed by atoms with E-state index in [0.29, 0.717) is 17.9 Å². The molecule has 2 aromatic carbocycles. The number of hydrogen-bond donors (Lipinski definition) is 0. The van der Waals surface area contributed by atoms with E-state index in [1.165, 1.54) is 16.5 Å². The van der Waals surface area contributed by atoms with Gasteiger partial charge >= 0.3 is 0 Å². The lowest BCUT2D eigenvalue weighted by Crippen LogP contribution is -2.29. The van der Waals surface area contributed by atoms with Crippen molar-refractivity contribution in [2.75, 3.05) is 38.7 Å². The van der Waals surface area contributed by atoms with Gasteiger partial charge in [0.15, 0.2) is 0 Å². The molecule has 2 fully saturated rings. The summed E-state index contributed by atoms with van der Waals surface area (Å²) >= 11 is 0. The van der Waals surface area contributed by atoms with Crippen LogP contribution in [0.1, 0.15) is 17.2 Å². The highest BCUT2D eigenvalue weighted by molar-refractivity contribution is 5.85. The summed E-state index contributed by atoms with van der Waals surface area (Å²) in [4.78, 5) is 10.1. The molecule has 3 heterocycles. The second-order valence-corrected chi connectivity index (χ2v) is 8.31. The number of fused-ring (bicyclic) bond motifs is 2. The lowest BCUT2D eigenvalue weighted by atomic mass is 9.89. The van der Waals surface area contributed by atoms with E-state index in [2.05, 4.69) is 78.4 Å².